The van der Waals surface area contributed by atoms with Gasteiger partial charge in [-0.05, 0) is 18.3 Å². The lowest BCUT2D eigenvalue weighted by Gasteiger charge is -2.24. The van der Waals surface area contributed by atoms with Crippen molar-refractivity contribution in [1.82, 2.24) is 14.6 Å². The highest BCUT2D eigenvalue weighted by atomic mass is 15.3. The van der Waals surface area contributed by atoms with Crippen molar-refractivity contribution in [1.29, 1.82) is 0 Å². The fraction of sp³-hybridized carbons (Fsp3) is 0.571. The highest BCUT2D eigenvalue weighted by molar-refractivity contribution is 5.54. The summed E-state index contributed by atoms with van der Waals surface area (Å²) >= 11 is 0. The summed E-state index contributed by atoms with van der Waals surface area (Å²) in [5.74, 6) is 1.93. The van der Waals surface area contributed by atoms with E-state index < -0.39 is 0 Å². The zero-order valence-electron chi connectivity index (χ0n) is 11.1. The van der Waals surface area contributed by atoms with Gasteiger partial charge >= 0.3 is 0 Å². The van der Waals surface area contributed by atoms with Crippen LogP contribution in [0.3, 0.4) is 0 Å². The fourth-order valence-electron chi connectivity index (χ4n) is 2.56. The number of nitrogens with zero attached hydrogens (tertiary/aromatic N) is 3. The number of hydrogen-bond donors (Lipinski definition) is 1. The van der Waals surface area contributed by atoms with Crippen LogP contribution in [0.5, 0.6) is 0 Å². The van der Waals surface area contributed by atoms with Crippen molar-refractivity contribution in [2.24, 2.45) is 5.92 Å². The van der Waals surface area contributed by atoms with Crippen molar-refractivity contribution in [3.05, 3.63) is 23.5 Å². The van der Waals surface area contributed by atoms with Gasteiger partial charge in [-0.2, -0.15) is 9.61 Å². The first-order valence-corrected chi connectivity index (χ1v) is 6.78. The minimum Gasteiger partial charge on any atom is -0.384 e. The zero-order valence-corrected chi connectivity index (χ0v) is 11.1. The average Bonchev–Trinajstić information content (AvgIpc) is 2.67. The second-order valence-electron chi connectivity index (χ2n) is 5.66. The van der Waals surface area contributed by atoms with Gasteiger partial charge in [-0.25, -0.2) is 4.98 Å². The number of aromatic nitrogens is 3. The summed E-state index contributed by atoms with van der Waals surface area (Å²) in [6.07, 6.45) is 6.98. The van der Waals surface area contributed by atoms with E-state index in [4.69, 9.17) is 10.7 Å². The van der Waals surface area contributed by atoms with Gasteiger partial charge in [0.05, 0.1) is 6.20 Å². The molecule has 0 spiro atoms. The highest BCUT2D eigenvalue weighted by Gasteiger charge is 2.20. The molecule has 1 saturated carbocycles. The first-order chi connectivity index (χ1) is 8.65. The summed E-state index contributed by atoms with van der Waals surface area (Å²) in [6, 6.07) is 1.97. The smallest absolute Gasteiger partial charge is 0.160 e. The Labute approximate surface area is 107 Å². The van der Waals surface area contributed by atoms with Crippen LogP contribution in [0.1, 0.15) is 50.3 Å². The van der Waals surface area contributed by atoms with Crippen LogP contribution >= 0.6 is 0 Å². The quantitative estimate of drug-likeness (QED) is 0.903. The van der Waals surface area contributed by atoms with Gasteiger partial charge in [0.15, 0.2) is 5.65 Å². The maximum Gasteiger partial charge on any atom is 0.160 e. The molecule has 0 bridgehead atoms. The molecule has 0 atom stereocenters. The molecule has 2 aromatic heterocycles. The zero-order chi connectivity index (χ0) is 12.7. The number of rotatable bonds is 3. The van der Waals surface area contributed by atoms with E-state index in [1.54, 1.807) is 4.52 Å². The van der Waals surface area contributed by atoms with Crippen LogP contribution in [-0.4, -0.2) is 14.6 Å². The van der Waals surface area contributed by atoms with E-state index in [9.17, 15) is 0 Å². The molecule has 0 aliphatic heterocycles. The molecule has 96 valence electrons. The number of hydrogen-bond acceptors (Lipinski definition) is 3. The average molecular weight is 244 g/mol. The molecule has 4 heteroatoms. The molecule has 1 fully saturated rings. The maximum atomic E-state index is 6.07. The van der Waals surface area contributed by atoms with E-state index in [-0.39, 0.29) is 0 Å². The van der Waals surface area contributed by atoms with Crippen LogP contribution in [0.2, 0.25) is 0 Å². The van der Waals surface area contributed by atoms with Crippen LogP contribution in [-0.2, 0) is 6.42 Å². The van der Waals surface area contributed by atoms with Crippen LogP contribution in [0.25, 0.3) is 5.65 Å². The van der Waals surface area contributed by atoms with Crippen LogP contribution in [0.4, 0.5) is 5.82 Å². The summed E-state index contributed by atoms with van der Waals surface area (Å²) in [7, 11) is 0. The molecule has 4 nitrogen and oxygen atoms in total. The summed E-state index contributed by atoms with van der Waals surface area (Å²) in [4.78, 5) is 4.76. The van der Waals surface area contributed by atoms with Gasteiger partial charge in [0, 0.05) is 17.3 Å². The molecule has 0 unspecified atom stereocenters. The Morgan fingerprint density at radius 2 is 2.22 bits per heavy atom. The van der Waals surface area contributed by atoms with E-state index in [0.717, 1.165) is 23.7 Å². The van der Waals surface area contributed by atoms with Crippen LogP contribution in [0.15, 0.2) is 12.3 Å². The van der Waals surface area contributed by atoms with Crippen molar-refractivity contribution in [2.75, 3.05) is 5.73 Å². The SMILES string of the molecule is CC(C)c1cnn2c(N)cc(CC3CCC3)nc12. The van der Waals surface area contributed by atoms with Crippen LogP contribution < -0.4 is 5.73 Å². The molecule has 18 heavy (non-hydrogen) atoms. The van der Waals surface area contributed by atoms with Gasteiger partial charge in [0.25, 0.3) is 0 Å². The van der Waals surface area contributed by atoms with Crippen molar-refractivity contribution in [2.45, 2.75) is 45.4 Å². The van der Waals surface area contributed by atoms with Gasteiger partial charge in [0.2, 0.25) is 0 Å². The molecular weight excluding hydrogens is 224 g/mol. The standard InChI is InChI=1S/C14H20N4/c1-9(2)12-8-16-18-13(15)7-11(17-14(12)18)6-10-4-3-5-10/h7-10H,3-6,15H2,1-2H3. The van der Waals surface area contributed by atoms with E-state index >= 15 is 0 Å². The monoisotopic (exact) mass is 244 g/mol. The van der Waals surface area contributed by atoms with E-state index in [2.05, 4.69) is 18.9 Å². The Kier molecular flexibility index (Phi) is 2.73. The van der Waals surface area contributed by atoms with Gasteiger partial charge in [-0.15, -0.1) is 0 Å². The predicted octanol–water partition coefficient (Wildman–Crippen LogP) is 2.78. The fourth-order valence-corrected chi connectivity index (χ4v) is 2.56. The Bertz CT molecular complexity index is 566. The summed E-state index contributed by atoms with van der Waals surface area (Å²) < 4.78 is 1.75. The first kappa shape index (κ1) is 11.5. The first-order valence-electron chi connectivity index (χ1n) is 6.78. The molecule has 1 aliphatic carbocycles. The minimum absolute atomic E-state index is 0.424. The lowest BCUT2D eigenvalue weighted by atomic mass is 9.82. The predicted molar refractivity (Wildman–Crippen MR) is 72.5 cm³/mol. The third-order valence-electron chi connectivity index (χ3n) is 3.92. The van der Waals surface area contributed by atoms with Gasteiger partial charge in [0.1, 0.15) is 5.82 Å². The van der Waals surface area contributed by atoms with E-state index in [0.29, 0.717) is 11.7 Å². The van der Waals surface area contributed by atoms with Crippen molar-refractivity contribution in [3.63, 3.8) is 0 Å². The molecule has 0 aromatic carbocycles. The Hall–Kier alpha value is -1.58. The molecule has 3 rings (SSSR count). The number of fused-ring (bicyclic) bond motifs is 1. The Balaban J connectivity index is 2.02. The second kappa shape index (κ2) is 4.26. The van der Waals surface area contributed by atoms with Crippen molar-refractivity contribution >= 4 is 11.5 Å². The van der Waals surface area contributed by atoms with Crippen molar-refractivity contribution < 1.29 is 0 Å². The molecule has 2 aromatic rings. The maximum absolute atomic E-state index is 6.07. The largest absolute Gasteiger partial charge is 0.384 e. The lowest BCUT2D eigenvalue weighted by molar-refractivity contribution is 0.312. The van der Waals surface area contributed by atoms with Gasteiger partial charge in [-0.3, -0.25) is 0 Å². The number of nitrogen functional groups attached to an aromatic ring is 1. The molecule has 2 N–H and O–H groups in total. The normalized spacial score (nSPS) is 16.4. The third-order valence-corrected chi connectivity index (χ3v) is 3.92. The topological polar surface area (TPSA) is 56.2 Å². The Morgan fingerprint density at radius 1 is 1.44 bits per heavy atom. The summed E-state index contributed by atoms with van der Waals surface area (Å²) in [6.45, 7) is 4.32. The summed E-state index contributed by atoms with van der Waals surface area (Å²) in [5.41, 5.74) is 9.29. The van der Waals surface area contributed by atoms with E-state index in [1.807, 2.05) is 12.3 Å². The molecule has 2 heterocycles. The molecule has 0 radical (unpaired) electrons. The Morgan fingerprint density at radius 3 is 2.83 bits per heavy atom. The lowest BCUT2D eigenvalue weighted by Crippen LogP contribution is -2.15. The third kappa shape index (κ3) is 1.85. The number of nitrogens with two attached hydrogens (primary N) is 1. The second-order valence-corrected chi connectivity index (χ2v) is 5.66. The minimum atomic E-state index is 0.424. The van der Waals surface area contributed by atoms with E-state index in [1.165, 1.54) is 24.8 Å². The molecule has 0 amide bonds. The summed E-state index contributed by atoms with van der Waals surface area (Å²) in [5, 5.41) is 4.32. The number of anilines is 1. The molecule has 0 saturated heterocycles. The van der Waals surface area contributed by atoms with Crippen molar-refractivity contribution in [3.8, 4) is 0 Å². The highest BCUT2D eigenvalue weighted by Crippen LogP contribution is 2.30. The molecular formula is C14H20N4. The van der Waals surface area contributed by atoms with Crippen LogP contribution in [0, 0.1) is 5.92 Å². The van der Waals surface area contributed by atoms with Gasteiger partial charge in [-0.1, -0.05) is 33.1 Å². The van der Waals surface area contributed by atoms with Gasteiger partial charge < -0.3 is 5.73 Å². The molecule has 1 aliphatic rings.